The lowest BCUT2D eigenvalue weighted by molar-refractivity contribution is 0.0655. The van der Waals surface area contributed by atoms with Gasteiger partial charge in [-0.05, 0) is 38.3 Å². The molecular weight excluding hydrogens is 226 g/mol. The van der Waals surface area contributed by atoms with Crippen LogP contribution in [-0.2, 0) is 0 Å². The number of benzene rings is 1. The maximum atomic E-state index is 5.92. The van der Waals surface area contributed by atoms with Gasteiger partial charge < -0.3 is 10.5 Å². The molecule has 0 radical (unpaired) electrons. The lowest BCUT2D eigenvalue weighted by atomic mass is 9.82. The van der Waals surface area contributed by atoms with Crippen molar-refractivity contribution in [2.24, 2.45) is 11.7 Å². The predicted octanol–water partition coefficient (Wildman–Crippen LogP) is 2.05. The Hall–Kier alpha value is -1.68. The fraction of sp³-hybridized carbons (Fsp3) is 0.429. The van der Waals surface area contributed by atoms with E-state index in [4.69, 9.17) is 10.5 Å². The van der Waals surface area contributed by atoms with Crippen LogP contribution >= 0.6 is 0 Å². The van der Waals surface area contributed by atoms with Gasteiger partial charge in [0.15, 0.2) is 0 Å². The third kappa shape index (κ3) is 1.93. The largest absolute Gasteiger partial charge is 0.473 e. The Morgan fingerprint density at radius 1 is 1.22 bits per heavy atom. The molecular formula is C14H17N3O. The van der Waals surface area contributed by atoms with Crippen molar-refractivity contribution in [3.05, 3.63) is 30.0 Å². The number of aryl methyl sites for hydroxylation is 1. The van der Waals surface area contributed by atoms with E-state index < -0.39 is 0 Å². The molecule has 0 aliphatic heterocycles. The van der Waals surface area contributed by atoms with Crippen LogP contribution in [-0.4, -0.2) is 22.8 Å². The van der Waals surface area contributed by atoms with Crippen molar-refractivity contribution < 1.29 is 4.74 Å². The number of aromatic nitrogens is 2. The second-order valence-corrected chi connectivity index (χ2v) is 4.95. The van der Waals surface area contributed by atoms with Gasteiger partial charge in [-0.2, -0.15) is 5.10 Å². The first-order chi connectivity index (χ1) is 8.78. The Labute approximate surface area is 106 Å². The molecule has 1 aromatic carbocycles. The molecule has 0 spiro atoms. The normalized spacial score (nSPS) is 22.8. The molecule has 4 nitrogen and oxygen atoms in total. The standard InChI is InChI=1S/C14H17N3O/c1-9-12-4-2-3-5-13(12)14(17-16-9)18-11-6-10(7-11)8-15/h2-5,10-11H,6-8,15H2,1H3. The molecule has 18 heavy (non-hydrogen) atoms. The number of nitrogens with two attached hydrogens (primary N) is 1. The zero-order chi connectivity index (χ0) is 12.5. The molecule has 2 aromatic rings. The van der Waals surface area contributed by atoms with Gasteiger partial charge in [0, 0.05) is 10.8 Å². The Balaban J connectivity index is 1.87. The monoisotopic (exact) mass is 243 g/mol. The molecule has 94 valence electrons. The van der Waals surface area contributed by atoms with Crippen LogP contribution in [0.3, 0.4) is 0 Å². The molecule has 1 aromatic heterocycles. The van der Waals surface area contributed by atoms with E-state index in [9.17, 15) is 0 Å². The predicted molar refractivity (Wildman–Crippen MR) is 70.5 cm³/mol. The van der Waals surface area contributed by atoms with Crippen LogP contribution in [0.5, 0.6) is 5.88 Å². The zero-order valence-corrected chi connectivity index (χ0v) is 10.5. The Kier molecular flexibility index (Phi) is 2.88. The number of nitrogens with zero attached hydrogens (tertiary/aromatic N) is 2. The van der Waals surface area contributed by atoms with Crippen molar-refractivity contribution in [2.45, 2.75) is 25.9 Å². The van der Waals surface area contributed by atoms with Gasteiger partial charge in [-0.25, -0.2) is 0 Å². The first kappa shape index (κ1) is 11.4. The van der Waals surface area contributed by atoms with Crippen LogP contribution in [0.2, 0.25) is 0 Å². The van der Waals surface area contributed by atoms with Gasteiger partial charge in [-0.15, -0.1) is 5.10 Å². The summed E-state index contributed by atoms with van der Waals surface area (Å²) in [4.78, 5) is 0. The lowest BCUT2D eigenvalue weighted by Gasteiger charge is -2.34. The molecule has 1 aliphatic rings. The minimum atomic E-state index is 0.249. The molecule has 4 heteroatoms. The number of hydrogen-bond acceptors (Lipinski definition) is 4. The zero-order valence-electron chi connectivity index (χ0n) is 10.5. The highest BCUT2D eigenvalue weighted by Gasteiger charge is 2.30. The first-order valence-electron chi connectivity index (χ1n) is 6.36. The van der Waals surface area contributed by atoms with E-state index in [1.54, 1.807) is 0 Å². The molecule has 0 saturated heterocycles. The average molecular weight is 243 g/mol. The van der Waals surface area contributed by atoms with Gasteiger partial charge in [0.25, 0.3) is 0 Å². The van der Waals surface area contributed by atoms with Crippen LogP contribution < -0.4 is 10.5 Å². The summed E-state index contributed by atoms with van der Waals surface area (Å²) >= 11 is 0. The van der Waals surface area contributed by atoms with Gasteiger partial charge in [-0.1, -0.05) is 18.2 Å². The molecule has 1 fully saturated rings. The van der Waals surface area contributed by atoms with E-state index in [2.05, 4.69) is 16.3 Å². The van der Waals surface area contributed by atoms with Crippen LogP contribution in [0.15, 0.2) is 24.3 Å². The topological polar surface area (TPSA) is 61.0 Å². The molecule has 1 aliphatic carbocycles. The fourth-order valence-electron chi connectivity index (χ4n) is 2.42. The smallest absolute Gasteiger partial charge is 0.241 e. The Bertz CT molecular complexity index is 564. The van der Waals surface area contributed by atoms with E-state index in [-0.39, 0.29) is 6.10 Å². The molecule has 0 bridgehead atoms. The van der Waals surface area contributed by atoms with Gasteiger partial charge in [0.1, 0.15) is 6.10 Å². The number of fused-ring (bicyclic) bond motifs is 1. The van der Waals surface area contributed by atoms with E-state index in [0.717, 1.165) is 35.9 Å². The first-order valence-corrected chi connectivity index (χ1v) is 6.36. The van der Waals surface area contributed by atoms with Crippen LogP contribution in [0.4, 0.5) is 0 Å². The highest BCUT2D eigenvalue weighted by atomic mass is 16.5. The maximum Gasteiger partial charge on any atom is 0.241 e. The van der Waals surface area contributed by atoms with Crippen molar-refractivity contribution in [3.8, 4) is 5.88 Å². The van der Waals surface area contributed by atoms with Crippen molar-refractivity contribution in [1.29, 1.82) is 0 Å². The maximum absolute atomic E-state index is 5.92. The summed E-state index contributed by atoms with van der Waals surface area (Å²) in [5.74, 6) is 1.26. The van der Waals surface area contributed by atoms with Crippen LogP contribution in [0.1, 0.15) is 18.5 Å². The molecule has 2 N–H and O–H groups in total. The summed E-state index contributed by atoms with van der Waals surface area (Å²) in [6.45, 7) is 2.72. The van der Waals surface area contributed by atoms with Crippen molar-refractivity contribution in [2.75, 3.05) is 6.54 Å². The van der Waals surface area contributed by atoms with E-state index in [0.29, 0.717) is 11.8 Å². The Morgan fingerprint density at radius 2 is 1.94 bits per heavy atom. The molecule has 0 unspecified atom stereocenters. The summed E-state index contributed by atoms with van der Waals surface area (Å²) in [6, 6.07) is 8.09. The van der Waals surface area contributed by atoms with Gasteiger partial charge in [0.2, 0.25) is 5.88 Å². The van der Waals surface area contributed by atoms with Crippen molar-refractivity contribution >= 4 is 10.8 Å². The molecule has 3 rings (SSSR count). The van der Waals surface area contributed by atoms with Crippen molar-refractivity contribution in [3.63, 3.8) is 0 Å². The van der Waals surface area contributed by atoms with Gasteiger partial charge in [0.05, 0.1) is 5.69 Å². The third-order valence-corrected chi connectivity index (χ3v) is 3.64. The van der Waals surface area contributed by atoms with Gasteiger partial charge in [-0.3, -0.25) is 0 Å². The van der Waals surface area contributed by atoms with Gasteiger partial charge >= 0.3 is 0 Å². The summed E-state index contributed by atoms with van der Waals surface area (Å²) in [5.41, 5.74) is 6.55. The molecule has 1 saturated carbocycles. The number of ether oxygens (including phenoxy) is 1. The molecule has 0 amide bonds. The summed E-state index contributed by atoms with van der Waals surface area (Å²) in [7, 11) is 0. The van der Waals surface area contributed by atoms with Crippen LogP contribution in [0.25, 0.3) is 10.8 Å². The minimum Gasteiger partial charge on any atom is -0.473 e. The average Bonchev–Trinajstić information content (AvgIpc) is 2.36. The van der Waals surface area contributed by atoms with Crippen LogP contribution in [0, 0.1) is 12.8 Å². The fourth-order valence-corrected chi connectivity index (χ4v) is 2.42. The summed E-state index contributed by atoms with van der Waals surface area (Å²) in [6.07, 6.45) is 2.31. The number of rotatable bonds is 3. The van der Waals surface area contributed by atoms with E-state index >= 15 is 0 Å². The third-order valence-electron chi connectivity index (χ3n) is 3.64. The quantitative estimate of drug-likeness (QED) is 0.896. The van der Waals surface area contributed by atoms with Crippen molar-refractivity contribution in [1.82, 2.24) is 10.2 Å². The van der Waals surface area contributed by atoms with E-state index in [1.807, 2.05) is 25.1 Å². The SMILES string of the molecule is Cc1nnc(OC2CC(CN)C2)c2ccccc12. The lowest BCUT2D eigenvalue weighted by Crippen LogP contribution is -2.38. The summed E-state index contributed by atoms with van der Waals surface area (Å²) < 4.78 is 5.92. The summed E-state index contributed by atoms with van der Waals surface area (Å²) in [5, 5.41) is 10.5. The Morgan fingerprint density at radius 3 is 2.67 bits per heavy atom. The number of hydrogen-bond donors (Lipinski definition) is 1. The molecule has 0 atom stereocenters. The minimum absolute atomic E-state index is 0.249. The second-order valence-electron chi connectivity index (χ2n) is 4.95. The molecule has 1 heterocycles. The van der Waals surface area contributed by atoms with E-state index in [1.165, 1.54) is 0 Å². The second kappa shape index (κ2) is 4.53. The highest BCUT2D eigenvalue weighted by Crippen LogP contribution is 2.32. The highest BCUT2D eigenvalue weighted by molar-refractivity contribution is 5.88.